The van der Waals surface area contributed by atoms with E-state index in [1.165, 1.54) is 66.1 Å². The van der Waals surface area contributed by atoms with Crippen molar-refractivity contribution in [2.75, 3.05) is 12.3 Å². The van der Waals surface area contributed by atoms with Gasteiger partial charge in [-0.05, 0) is 0 Å². The molecule has 0 aliphatic heterocycles. The Hall–Kier alpha value is 0.860. The summed E-state index contributed by atoms with van der Waals surface area (Å²) in [5, 5.41) is 0. The van der Waals surface area contributed by atoms with Crippen LogP contribution >= 0.6 is 16.5 Å². The quantitative estimate of drug-likeness (QED) is 0.297. The summed E-state index contributed by atoms with van der Waals surface area (Å²) < 4.78 is 0. The van der Waals surface area contributed by atoms with Crippen LogP contribution in [-0.4, -0.2) is 12.3 Å². The van der Waals surface area contributed by atoms with Crippen LogP contribution in [0, 0.1) is 0 Å². The SMILES string of the molecule is CCCCCCCCP[PH3]CCCCCC. The Bertz CT molecular complexity index is 101. The number of rotatable bonds is 13. The molecule has 0 saturated carbocycles. The average Bonchev–Trinajstić information content (AvgIpc) is 2.31. The number of unbranched alkanes of at least 4 members (excludes halogenated alkanes) is 8. The van der Waals surface area contributed by atoms with Crippen LogP contribution in [0.15, 0.2) is 0 Å². The van der Waals surface area contributed by atoms with E-state index in [0.717, 1.165) is 0 Å². The van der Waals surface area contributed by atoms with E-state index < -0.39 is 0 Å². The Morgan fingerprint density at radius 2 is 1.25 bits per heavy atom. The predicted octanol–water partition coefficient (Wildman–Crippen LogP) is 5.66. The van der Waals surface area contributed by atoms with Crippen molar-refractivity contribution in [3.8, 4) is 0 Å². The van der Waals surface area contributed by atoms with Crippen molar-refractivity contribution in [2.45, 2.75) is 78.1 Å². The molecule has 100 valence electrons. The van der Waals surface area contributed by atoms with Crippen LogP contribution in [0.2, 0.25) is 0 Å². The minimum atomic E-state index is 0.367. The van der Waals surface area contributed by atoms with Gasteiger partial charge in [0.1, 0.15) is 0 Å². The third kappa shape index (κ3) is 14.9. The first-order valence-electron chi connectivity index (χ1n) is 7.62. The van der Waals surface area contributed by atoms with Crippen molar-refractivity contribution in [3.63, 3.8) is 0 Å². The molecule has 0 aliphatic rings. The average molecular weight is 264 g/mol. The molecule has 2 heteroatoms. The van der Waals surface area contributed by atoms with Gasteiger partial charge in [0.05, 0.1) is 0 Å². The summed E-state index contributed by atoms with van der Waals surface area (Å²) >= 11 is 0. The molecule has 0 aromatic rings. The Labute approximate surface area is 107 Å². The van der Waals surface area contributed by atoms with Crippen molar-refractivity contribution < 1.29 is 0 Å². The summed E-state index contributed by atoms with van der Waals surface area (Å²) in [6.45, 7) is 4.60. The molecule has 0 fully saturated rings. The Balaban J connectivity index is 2.83. The molecule has 0 heterocycles. The van der Waals surface area contributed by atoms with Crippen LogP contribution in [0.3, 0.4) is 0 Å². The first kappa shape index (κ1) is 16.9. The van der Waals surface area contributed by atoms with Crippen LogP contribution in [-0.2, 0) is 0 Å². The van der Waals surface area contributed by atoms with E-state index >= 15 is 0 Å². The van der Waals surface area contributed by atoms with E-state index in [1.807, 2.05) is 0 Å². The summed E-state index contributed by atoms with van der Waals surface area (Å²) in [6, 6.07) is 0. The molecule has 0 amide bonds. The van der Waals surface area contributed by atoms with Crippen molar-refractivity contribution in [1.82, 2.24) is 0 Å². The van der Waals surface area contributed by atoms with Gasteiger partial charge < -0.3 is 0 Å². The fourth-order valence-electron chi connectivity index (χ4n) is 2.01. The Kier molecular flexibility index (Phi) is 16.7. The van der Waals surface area contributed by atoms with Gasteiger partial charge in [0.25, 0.3) is 0 Å². The van der Waals surface area contributed by atoms with E-state index in [2.05, 4.69) is 13.8 Å². The minimum absolute atomic E-state index is 0.367. The first-order valence-corrected chi connectivity index (χ1v) is 12.2. The topological polar surface area (TPSA) is 0 Å². The van der Waals surface area contributed by atoms with E-state index in [-0.39, 0.29) is 0 Å². The number of hydrogen-bond acceptors (Lipinski definition) is 0. The van der Waals surface area contributed by atoms with E-state index in [9.17, 15) is 0 Å². The zero-order valence-corrected chi connectivity index (χ0v) is 14.1. The Morgan fingerprint density at radius 3 is 1.94 bits per heavy atom. The fourth-order valence-corrected chi connectivity index (χ4v) is 6.61. The molecular formula is C14H34P2. The molecule has 0 bridgehead atoms. The van der Waals surface area contributed by atoms with Gasteiger partial charge in [-0.2, -0.15) is 0 Å². The molecule has 0 nitrogen and oxygen atoms in total. The van der Waals surface area contributed by atoms with Gasteiger partial charge in [-0.3, -0.25) is 0 Å². The summed E-state index contributed by atoms with van der Waals surface area (Å²) in [5.41, 5.74) is 0. The fraction of sp³-hybridized carbons (Fsp3) is 1.00. The molecule has 0 aromatic carbocycles. The van der Waals surface area contributed by atoms with Crippen molar-refractivity contribution in [3.05, 3.63) is 0 Å². The summed E-state index contributed by atoms with van der Waals surface area (Å²) in [4.78, 5) is 0. The van der Waals surface area contributed by atoms with Crippen LogP contribution in [0.4, 0.5) is 0 Å². The molecule has 0 saturated heterocycles. The van der Waals surface area contributed by atoms with Gasteiger partial charge in [0.15, 0.2) is 0 Å². The normalized spacial score (nSPS) is 11.9. The van der Waals surface area contributed by atoms with Gasteiger partial charge >= 0.3 is 107 Å². The van der Waals surface area contributed by atoms with Crippen molar-refractivity contribution >= 4 is 16.5 Å². The molecule has 0 aliphatic carbocycles. The van der Waals surface area contributed by atoms with Crippen LogP contribution in [0.5, 0.6) is 0 Å². The molecule has 0 rings (SSSR count). The van der Waals surface area contributed by atoms with Crippen molar-refractivity contribution in [1.29, 1.82) is 0 Å². The van der Waals surface area contributed by atoms with Crippen LogP contribution < -0.4 is 0 Å². The van der Waals surface area contributed by atoms with Gasteiger partial charge in [-0.25, -0.2) is 0 Å². The van der Waals surface area contributed by atoms with Gasteiger partial charge in [-0.1, -0.05) is 0 Å². The zero-order valence-electron chi connectivity index (χ0n) is 11.7. The zero-order chi connectivity index (χ0) is 11.9. The van der Waals surface area contributed by atoms with Gasteiger partial charge in [0, 0.05) is 0 Å². The molecule has 1 unspecified atom stereocenters. The first-order chi connectivity index (χ1) is 7.91. The summed E-state index contributed by atoms with van der Waals surface area (Å²) in [7, 11) is 1.76. The van der Waals surface area contributed by atoms with Crippen LogP contribution in [0.1, 0.15) is 78.1 Å². The summed E-state index contributed by atoms with van der Waals surface area (Å²) in [6.07, 6.45) is 18.0. The molecule has 1 atom stereocenters. The van der Waals surface area contributed by atoms with E-state index in [0.29, 0.717) is 8.27 Å². The molecule has 0 aromatic heterocycles. The second-order valence-electron chi connectivity index (χ2n) is 4.93. The van der Waals surface area contributed by atoms with E-state index in [1.54, 1.807) is 18.7 Å². The third-order valence-electron chi connectivity index (χ3n) is 3.16. The number of hydrogen-bond donors (Lipinski definition) is 0. The Morgan fingerprint density at radius 1 is 0.688 bits per heavy atom. The third-order valence-corrected chi connectivity index (χ3v) is 8.26. The monoisotopic (exact) mass is 264 g/mol. The van der Waals surface area contributed by atoms with E-state index in [4.69, 9.17) is 0 Å². The molecule has 16 heavy (non-hydrogen) atoms. The molecular weight excluding hydrogens is 230 g/mol. The summed E-state index contributed by atoms with van der Waals surface area (Å²) in [5.74, 6) is 0. The maximum atomic E-state index is 2.30. The molecule has 0 radical (unpaired) electrons. The second kappa shape index (κ2) is 15.9. The van der Waals surface area contributed by atoms with Crippen LogP contribution in [0.25, 0.3) is 0 Å². The van der Waals surface area contributed by atoms with Gasteiger partial charge in [-0.15, -0.1) is 0 Å². The standard InChI is InChI=1S/C14H34P2/c1-3-5-7-9-10-12-14-16-15-13-11-8-6-4-2/h16H,3-14H2,1-2,15H3. The molecule has 0 spiro atoms. The van der Waals surface area contributed by atoms with Crippen molar-refractivity contribution in [2.24, 2.45) is 0 Å². The maximum absolute atomic E-state index is 2.30. The second-order valence-corrected chi connectivity index (χ2v) is 10.1. The van der Waals surface area contributed by atoms with Gasteiger partial charge in [0.2, 0.25) is 0 Å². The molecule has 0 N–H and O–H groups in total. The predicted molar refractivity (Wildman–Crippen MR) is 86.7 cm³/mol.